The molecule has 0 saturated heterocycles. The molecule has 0 aliphatic carbocycles. The minimum atomic E-state index is -1.68. The van der Waals surface area contributed by atoms with E-state index in [0.717, 1.165) is 11.6 Å². The molecule has 0 aromatic heterocycles. The molecule has 0 spiro atoms. The van der Waals surface area contributed by atoms with Gasteiger partial charge < -0.3 is 10.6 Å². The molecule has 0 radical (unpaired) electrons. The summed E-state index contributed by atoms with van der Waals surface area (Å²) >= 11 is 0. The van der Waals surface area contributed by atoms with Gasteiger partial charge in [-0.2, -0.15) is 0 Å². The molecule has 124 valence electrons. The van der Waals surface area contributed by atoms with Crippen LogP contribution >= 0.6 is 0 Å². The maximum Gasteiger partial charge on any atom is 0.244 e. The van der Waals surface area contributed by atoms with Crippen LogP contribution < -0.4 is 10.6 Å². The standard InChI is InChI=1S/C17H13F3N2O2/c18-12-7-8-13(17(20)16(12)19)22-15(24)10-21-14(23)9-6-11-4-2-1-3-5-11/h1-9H,10H2,(H,21,23)(H,22,24). The van der Waals surface area contributed by atoms with E-state index in [2.05, 4.69) is 5.32 Å². The van der Waals surface area contributed by atoms with E-state index in [1.807, 2.05) is 11.4 Å². The van der Waals surface area contributed by atoms with Gasteiger partial charge in [-0.05, 0) is 23.8 Å². The number of halogens is 3. The van der Waals surface area contributed by atoms with Gasteiger partial charge in [0.05, 0.1) is 12.2 Å². The van der Waals surface area contributed by atoms with Crippen molar-refractivity contribution in [3.63, 3.8) is 0 Å². The topological polar surface area (TPSA) is 58.2 Å². The third kappa shape index (κ3) is 4.70. The molecule has 2 aromatic carbocycles. The molecule has 0 aliphatic heterocycles. The number of rotatable bonds is 5. The summed E-state index contributed by atoms with van der Waals surface area (Å²) in [6.45, 7) is -0.448. The molecule has 2 N–H and O–H groups in total. The van der Waals surface area contributed by atoms with E-state index in [0.29, 0.717) is 6.07 Å². The second-order valence-electron chi connectivity index (χ2n) is 4.73. The Morgan fingerprint density at radius 2 is 1.67 bits per heavy atom. The van der Waals surface area contributed by atoms with Crippen LogP contribution in [-0.2, 0) is 9.59 Å². The van der Waals surface area contributed by atoms with Crippen molar-refractivity contribution in [1.82, 2.24) is 5.32 Å². The van der Waals surface area contributed by atoms with Crippen molar-refractivity contribution in [3.05, 3.63) is 71.6 Å². The zero-order chi connectivity index (χ0) is 17.5. The number of hydrogen-bond acceptors (Lipinski definition) is 2. The maximum absolute atomic E-state index is 13.4. The molecule has 0 saturated carbocycles. The normalized spacial score (nSPS) is 10.6. The molecule has 0 aliphatic rings. The van der Waals surface area contributed by atoms with Gasteiger partial charge >= 0.3 is 0 Å². The fourth-order valence-electron chi connectivity index (χ4n) is 1.78. The monoisotopic (exact) mass is 334 g/mol. The smallest absolute Gasteiger partial charge is 0.244 e. The van der Waals surface area contributed by atoms with E-state index in [-0.39, 0.29) is 0 Å². The minimum Gasteiger partial charge on any atom is -0.343 e. The van der Waals surface area contributed by atoms with E-state index in [9.17, 15) is 22.8 Å². The number of nitrogens with one attached hydrogen (secondary N) is 2. The second kappa shape index (κ2) is 7.96. The summed E-state index contributed by atoms with van der Waals surface area (Å²) in [6.07, 6.45) is 2.79. The first-order valence-corrected chi connectivity index (χ1v) is 6.91. The molecular formula is C17H13F3N2O2. The molecule has 0 unspecified atom stereocenters. The van der Waals surface area contributed by atoms with E-state index < -0.39 is 41.5 Å². The van der Waals surface area contributed by atoms with Crippen LogP contribution in [0.2, 0.25) is 0 Å². The Morgan fingerprint density at radius 3 is 2.38 bits per heavy atom. The van der Waals surface area contributed by atoms with Crippen molar-refractivity contribution in [2.45, 2.75) is 0 Å². The summed E-state index contributed by atoms with van der Waals surface area (Å²) < 4.78 is 39.2. The Bertz CT molecular complexity index is 777. The Hall–Kier alpha value is -3.09. The molecule has 2 amide bonds. The minimum absolute atomic E-state index is 0.448. The molecular weight excluding hydrogens is 321 g/mol. The Labute approximate surface area is 136 Å². The van der Waals surface area contributed by atoms with Gasteiger partial charge in [-0.25, -0.2) is 13.2 Å². The van der Waals surface area contributed by atoms with Gasteiger partial charge in [0.25, 0.3) is 0 Å². The van der Waals surface area contributed by atoms with Crippen molar-refractivity contribution < 1.29 is 22.8 Å². The highest BCUT2D eigenvalue weighted by Crippen LogP contribution is 2.19. The highest BCUT2D eigenvalue weighted by Gasteiger charge is 2.15. The number of carbonyl (C=O) groups is 2. The van der Waals surface area contributed by atoms with Crippen LogP contribution in [0.25, 0.3) is 6.08 Å². The lowest BCUT2D eigenvalue weighted by Gasteiger charge is -2.07. The average molecular weight is 334 g/mol. The summed E-state index contributed by atoms with van der Waals surface area (Å²) in [5, 5.41) is 4.34. The maximum atomic E-state index is 13.4. The van der Waals surface area contributed by atoms with Crippen molar-refractivity contribution in [3.8, 4) is 0 Å². The van der Waals surface area contributed by atoms with E-state index in [1.165, 1.54) is 6.08 Å². The third-order valence-electron chi connectivity index (χ3n) is 2.96. The SMILES string of the molecule is O=C(C=Cc1ccccc1)NCC(=O)Nc1ccc(F)c(F)c1F. The predicted octanol–water partition coefficient (Wildman–Crippen LogP) is 2.87. The van der Waals surface area contributed by atoms with Gasteiger partial charge in [-0.1, -0.05) is 30.3 Å². The third-order valence-corrected chi connectivity index (χ3v) is 2.96. The zero-order valence-corrected chi connectivity index (χ0v) is 12.4. The number of amides is 2. The fraction of sp³-hybridized carbons (Fsp3) is 0.0588. The number of benzene rings is 2. The van der Waals surface area contributed by atoms with Crippen LogP contribution in [-0.4, -0.2) is 18.4 Å². The first-order chi connectivity index (χ1) is 11.5. The molecule has 0 fully saturated rings. The Kier molecular flexibility index (Phi) is 5.73. The molecule has 2 rings (SSSR count). The van der Waals surface area contributed by atoms with Gasteiger partial charge in [0.2, 0.25) is 11.8 Å². The molecule has 4 nitrogen and oxygen atoms in total. The highest BCUT2D eigenvalue weighted by atomic mass is 19.2. The van der Waals surface area contributed by atoms with Gasteiger partial charge in [0.15, 0.2) is 17.5 Å². The van der Waals surface area contributed by atoms with Crippen LogP contribution in [0.15, 0.2) is 48.5 Å². The van der Waals surface area contributed by atoms with Crippen LogP contribution in [0.5, 0.6) is 0 Å². The van der Waals surface area contributed by atoms with Gasteiger partial charge in [0.1, 0.15) is 0 Å². The first kappa shape index (κ1) is 17.3. The van der Waals surface area contributed by atoms with Crippen molar-refractivity contribution in [1.29, 1.82) is 0 Å². The Balaban J connectivity index is 1.86. The summed E-state index contributed by atoms with van der Waals surface area (Å²) in [5.41, 5.74) is 0.300. The summed E-state index contributed by atoms with van der Waals surface area (Å²) in [7, 11) is 0. The van der Waals surface area contributed by atoms with Crippen LogP contribution in [0, 0.1) is 17.5 Å². The van der Waals surface area contributed by atoms with E-state index >= 15 is 0 Å². The fourth-order valence-corrected chi connectivity index (χ4v) is 1.78. The number of carbonyl (C=O) groups excluding carboxylic acids is 2. The summed E-state index contributed by atoms with van der Waals surface area (Å²) in [5.74, 6) is -5.84. The summed E-state index contributed by atoms with van der Waals surface area (Å²) in [4.78, 5) is 23.2. The lowest BCUT2D eigenvalue weighted by molar-refractivity contribution is -0.121. The molecule has 0 bridgehead atoms. The Morgan fingerprint density at radius 1 is 0.958 bits per heavy atom. The van der Waals surface area contributed by atoms with Crippen LogP contribution in [0.4, 0.5) is 18.9 Å². The molecule has 7 heteroatoms. The van der Waals surface area contributed by atoms with E-state index in [1.54, 1.807) is 30.3 Å². The quantitative estimate of drug-likeness (QED) is 0.652. The largest absolute Gasteiger partial charge is 0.343 e. The second-order valence-corrected chi connectivity index (χ2v) is 4.73. The van der Waals surface area contributed by atoms with Gasteiger partial charge in [-0.15, -0.1) is 0 Å². The van der Waals surface area contributed by atoms with E-state index in [4.69, 9.17) is 0 Å². The lowest BCUT2D eigenvalue weighted by atomic mass is 10.2. The predicted molar refractivity (Wildman–Crippen MR) is 83.4 cm³/mol. The average Bonchev–Trinajstić information content (AvgIpc) is 2.59. The van der Waals surface area contributed by atoms with Crippen molar-refractivity contribution >= 4 is 23.6 Å². The van der Waals surface area contributed by atoms with Crippen molar-refractivity contribution in [2.24, 2.45) is 0 Å². The highest BCUT2D eigenvalue weighted by molar-refractivity contribution is 5.98. The van der Waals surface area contributed by atoms with Crippen LogP contribution in [0.3, 0.4) is 0 Å². The molecule has 24 heavy (non-hydrogen) atoms. The molecule has 2 aromatic rings. The van der Waals surface area contributed by atoms with Gasteiger partial charge in [0, 0.05) is 6.08 Å². The summed E-state index contributed by atoms with van der Waals surface area (Å²) in [6, 6.07) is 10.6. The molecule has 0 atom stereocenters. The molecule has 0 heterocycles. The lowest BCUT2D eigenvalue weighted by Crippen LogP contribution is -2.32. The number of hydrogen-bond donors (Lipinski definition) is 2. The first-order valence-electron chi connectivity index (χ1n) is 6.91. The van der Waals surface area contributed by atoms with Crippen LogP contribution in [0.1, 0.15) is 5.56 Å². The zero-order valence-electron chi connectivity index (χ0n) is 12.4. The van der Waals surface area contributed by atoms with Gasteiger partial charge in [-0.3, -0.25) is 9.59 Å². The van der Waals surface area contributed by atoms with Crippen molar-refractivity contribution in [2.75, 3.05) is 11.9 Å². The number of anilines is 1.